The Kier molecular flexibility index (Phi) is 2.99. The second kappa shape index (κ2) is 4.78. The Morgan fingerprint density at radius 1 is 1.11 bits per heavy atom. The molecule has 1 aliphatic rings. The van der Waals surface area contributed by atoms with Crippen molar-refractivity contribution < 1.29 is 9.53 Å². The van der Waals surface area contributed by atoms with Crippen molar-refractivity contribution in [2.24, 2.45) is 0 Å². The summed E-state index contributed by atoms with van der Waals surface area (Å²) in [6.07, 6.45) is 0.913. The number of hydrogen-bond donors (Lipinski definition) is 0. The first kappa shape index (κ1) is 11.2. The van der Waals surface area contributed by atoms with Crippen molar-refractivity contribution in [2.75, 3.05) is 31.2 Å². The molecule has 1 heterocycles. The van der Waals surface area contributed by atoms with Crippen LogP contribution in [0, 0.1) is 0 Å². The van der Waals surface area contributed by atoms with Crippen LogP contribution in [0.5, 0.6) is 0 Å². The third-order valence-corrected chi connectivity index (χ3v) is 3.35. The molecule has 18 heavy (non-hydrogen) atoms. The van der Waals surface area contributed by atoms with Crippen LogP contribution in [0.2, 0.25) is 0 Å². The van der Waals surface area contributed by atoms with Gasteiger partial charge < -0.3 is 9.64 Å². The largest absolute Gasteiger partial charge is 0.378 e. The maximum absolute atomic E-state index is 11.0. The van der Waals surface area contributed by atoms with Gasteiger partial charge in [-0.3, -0.25) is 4.79 Å². The van der Waals surface area contributed by atoms with Gasteiger partial charge in [0.05, 0.1) is 13.2 Å². The van der Waals surface area contributed by atoms with Crippen molar-refractivity contribution in [1.82, 2.24) is 0 Å². The highest BCUT2D eigenvalue weighted by atomic mass is 16.5. The lowest BCUT2D eigenvalue weighted by atomic mass is 10.0. The van der Waals surface area contributed by atoms with Crippen molar-refractivity contribution in [3.63, 3.8) is 0 Å². The second-order valence-electron chi connectivity index (χ2n) is 4.48. The van der Waals surface area contributed by atoms with E-state index in [0.29, 0.717) is 0 Å². The number of carbonyl (C=O) groups is 1. The molecule has 92 valence electrons. The van der Waals surface area contributed by atoms with E-state index in [1.807, 2.05) is 30.3 Å². The van der Waals surface area contributed by atoms with Gasteiger partial charge in [-0.05, 0) is 17.5 Å². The summed E-state index contributed by atoms with van der Waals surface area (Å²) >= 11 is 0. The summed E-state index contributed by atoms with van der Waals surface area (Å²) in [5, 5.41) is 2.31. The van der Waals surface area contributed by atoms with E-state index in [4.69, 9.17) is 4.74 Å². The van der Waals surface area contributed by atoms with E-state index in [1.165, 1.54) is 5.39 Å². The van der Waals surface area contributed by atoms with Crippen LogP contribution in [0.15, 0.2) is 36.4 Å². The number of nitrogens with zero attached hydrogens (tertiary/aromatic N) is 1. The molecule has 0 amide bonds. The van der Waals surface area contributed by atoms with Gasteiger partial charge in [-0.15, -0.1) is 0 Å². The van der Waals surface area contributed by atoms with Gasteiger partial charge in [-0.1, -0.05) is 24.3 Å². The fraction of sp³-hybridized carbons (Fsp3) is 0.267. The van der Waals surface area contributed by atoms with Crippen LogP contribution in [0.1, 0.15) is 10.4 Å². The maximum Gasteiger partial charge on any atom is 0.150 e. The molecule has 1 saturated heterocycles. The normalized spacial score (nSPS) is 15.9. The van der Waals surface area contributed by atoms with E-state index in [1.54, 1.807) is 0 Å². The van der Waals surface area contributed by atoms with Gasteiger partial charge in [-0.25, -0.2) is 0 Å². The minimum absolute atomic E-state index is 0.732. The van der Waals surface area contributed by atoms with Crippen LogP contribution in [0.4, 0.5) is 5.69 Å². The van der Waals surface area contributed by atoms with E-state index in [9.17, 15) is 4.79 Å². The Bertz CT molecular complexity index is 574. The SMILES string of the molecule is O=Cc1cc(N2CCOCC2)c2ccccc2c1. The number of rotatable bonds is 2. The van der Waals surface area contributed by atoms with Crippen molar-refractivity contribution in [2.45, 2.75) is 0 Å². The molecule has 0 spiro atoms. The molecule has 2 aromatic rings. The molecule has 3 nitrogen and oxygen atoms in total. The minimum Gasteiger partial charge on any atom is -0.378 e. The summed E-state index contributed by atoms with van der Waals surface area (Å²) in [4.78, 5) is 13.3. The van der Waals surface area contributed by atoms with Gasteiger partial charge in [0.1, 0.15) is 6.29 Å². The first-order valence-corrected chi connectivity index (χ1v) is 6.19. The van der Waals surface area contributed by atoms with Crippen LogP contribution in [-0.4, -0.2) is 32.6 Å². The van der Waals surface area contributed by atoms with Crippen LogP contribution >= 0.6 is 0 Å². The van der Waals surface area contributed by atoms with E-state index in [-0.39, 0.29) is 0 Å². The summed E-state index contributed by atoms with van der Waals surface area (Å²) in [6, 6.07) is 12.1. The van der Waals surface area contributed by atoms with Crippen molar-refractivity contribution in [3.05, 3.63) is 42.0 Å². The van der Waals surface area contributed by atoms with E-state index < -0.39 is 0 Å². The number of fused-ring (bicyclic) bond motifs is 1. The molecule has 1 fully saturated rings. The molecule has 0 saturated carbocycles. The zero-order chi connectivity index (χ0) is 12.4. The fourth-order valence-electron chi connectivity index (χ4n) is 2.45. The number of benzene rings is 2. The topological polar surface area (TPSA) is 29.5 Å². The third kappa shape index (κ3) is 1.97. The predicted octanol–water partition coefficient (Wildman–Crippen LogP) is 2.49. The summed E-state index contributed by atoms with van der Waals surface area (Å²) in [5.41, 5.74) is 1.87. The van der Waals surface area contributed by atoms with Gasteiger partial charge >= 0.3 is 0 Å². The maximum atomic E-state index is 11.0. The lowest BCUT2D eigenvalue weighted by molar-refractivity contribution is 0.112. The van der Waals surface area contributed by atoms with Crippen molar-refractivity contribution in [3.8, 4) is 0 Å². The number of carbonyl (C=O) groups excluding carboxylic acids is 1. The van der Waals surface area contributed by atoms with Crippen LogP contribution in [0.3, 0.4) is 0 Å². The molecular formula is C15H15NO2. The minimum atomic E-state index is 0.732. The summed E-state index contributed by atoms with van der Waals surface area (Å²) in [6.45, 7) is 3.26. The molecule has 3 rings (SSSR count). The Morgan fingerprint density at radius 3 is 2.67 bits per heavy atom. The molecule has 2 aromatic carbocycles. The summed E-state index contributed by atoms with van der Waals surface area (Å²) in [7, 11) is 0. The molecule has 0 N–H and O–H groups in total. The number of hydrogen-bond acceptors (Lipinski definition) is 3. The molecule has 0 bridgehead atoms. The van der Waals surface area contributed by atoms with Gasteiger partial charge in [0, 0.05) is 29.7 Å². The predicted molar refractivity (Wildman–Crippen MR) is 72.4 cm³/mol. The second-order valence-corrected chi connectivity index (χ2v) is 4.48. The first-order valence-electron chi connectivity index (χ1n) is 6.19. The lowest BCUT2D eigenvalue weighted by Gasteiger charge is -2.30. The number of anilines is 1. The van der Waals surface area contributed by atoms with Crippen LogP contribution in [0.25, 0.3) is 10.8 Å². The third-order valence-electron chi connectivity index (χ3n) is 3.35. The Balaban J connectivity index is 2.15. The van der Waals surface area contributed by atoms with E-state index in [0.717, 1.165) is 49.2 Å². The molecule has 0 unspecified atom stereocenters. The highest BCUT2D eigenvalue weighted by Gasteiger charge is 2.14. The molecule has 0 aliphatic carbocycles. The molecule has 0 aromatic heterocycles. The molecule has 0 atom stereocenters. The Hall–Kier alpha value is -1.87. The van der Waals surface area contributed by atoms with Crippen molar-refractivity contribution >= 4 is 22.7 Å². The van der Waals surface area contributed by atoms with Crippen molar-refractivity contribution in [1.29, 1.82) is 0 Å². The lowest BCUT2D eigenvalue weighted by Crippen LogP contribution is -2.36. The summed E-state index contributed by atoms with van der Waals surface area (Å²) < 4.78 is 5.38. The van der Waals surface area contributed by atoms with Crippen LogP contribution in [-0.2, 0) is 4.74 Å². The van der Waals surface area contributed by atoms with E-state index >= 15 is 0 Å². The zero-order valence-electron chi connectivity index (χ0n) is 10.1. The monoisotopic (exact) mass is 241 g/mol. The van der Waals surface area contributed by atoms with E-state index in [2.05, 4.69) is 11.0 Å². The van der Waals surface area contributed by atoms with Crippen LogP contribution < -0.4 is 4.90 Å². The van der Waals surface area contributed by atoms with Gasteiger partial charge in [0.2, 0.25) is 0 Å². The molecule has 3 heteroatoms. The molecular weight excluding hydrogens is 226 g/mol. The fourth-order valence-corrected chi connectivity index (χ4v) is 2.45. The van der Waals surface area contributed by atoms with Gasteiger partial charge in [0.25, 0.3) is 0 Å². The molecule has 1 aliphatic heterocycles. The number of ether oxygens (including phenoxy) is 1. The average molecular weight is 241 g/mol. The Labute approximate surface area is 106 Å². The molecule has 0 radical (unpaired) electrons. The highest BCUT2D eigenvalue weighted by molar-refractivity contribution is 5.98. The van der Waals surface area contributed by atoms with Gasteiger partial charge in [-0.2, -0.15) is 0 Å². The Morgan fingerprint density at radius 2 is 1.89 bits per heavy atom. The number of aldehydes is 1. The highest BCUT2D eigenvalue weighted by Crippen LogP contribution is 2.28. The first-order chi connectivity index (χ1) is 8.88. The zero-order valence-corrected chi connectivity index (χ0v) is 10.1. The average Bonchev–Trinajstić information content (AvgIpc) is 2.47. The van der Waals surface area contributed by atoms with Gasteiger partial charge in [0.15, 0.2) is 0 Å². The standard InChI is InChI=1S/C15H15NO2/c17-11-12-9-13-3-1-2-4-14(13)15(10-12)16-5-7-18-8-6-16/h1-4,9-11H,5-8H2. The quantitative estimate of drug-likeness (QED) is 0.756. The number of morpholine rings is 1. The smallest absolute Gasteiger partial charge is 0.150 e. The summed E-state index contributed by atoms with van der Waals surface area (Å²) in [5.74, 6) is 0.